The zero-order chi connectivity index (χ0) is 21.7. The third kappa shape index (κ3) is 3.12. The van der Waals surface area contributed by atoms with Gasteiger partial charge in [-0.25, -0.2) is 4.79 Å². The van der Waals surface area contributed by atoms with Gasteiger partial charge in [0, 0.05) is 35.4 Å². The van der Waals surface area contributed by atoms with Gasteiger partial charge < -0.3 is 9.84 Å². The second-order valence-corrected chi connectivity index (χ2v) is 8.81. The van der Waals surface area contributed by atoms with E-state index >= 15 is 0 Å². The van der Waals surface area contributed by atoms with Crippen molar-refractivity contribution in [3.05, 3.63) is 63.4 Å². The maximum atomic E-state index is 12.1. The summed E-state index contributed by atoms with van der Waals surface area (Å²) in [6.45, 7) is 3.56. The molecule has 7 heteroatoms. The van der Waals surface area contributed by atoms with Gasteiger partial charge in [0.05, 0.1) is 5.02 Å². The van der Waals surface area contributed by atoms with Gasteiger partial charge in [0.1, 0.15) is 10.8 Å². The molecule has 156 valence electrons. The molecule has 30 heavy (non-hydrogen) atoms. The number of rotatable bonds is 5. The number of carbonyl (C=O) groups excluding carboxylic acids is 1. The van der Waals surface area contributed by atoms with E-state index in [1.807, 2.05) is 0 Å². The number of carboxylic acids is 1. The molecule has 1 N–H and O–H groups in total. The molecule has 5 nitrogen and oxygen atoms in total. The van der Waals surface area contributed by atoms with Gasteiger partial charge in [-0.3, -0.25) is 9.78 Å². The number of pyridine rings is 1. The molecule has 1 aromatic carbocycles. The SMILES string of the molecule is CCC12CCC(=O)C=C1c1c(cc(OC(C)(C(=O)O)c3cccnc3)c(Cl)c1Cl)C2. The van der Waals surface area contributed by atoms with E-state index in [2.05, 4.69) is 11.9 Å². The number of ketones is 1. The van der Waals surface area contributed by atoms with Crippen molar-refractivity contribution in [1.29, 1.82) is 0 Å². The highest BCUT2D eigenvalue weighted by atomic mass is 35.5. The molecule has 2 aliphatic carbocycles. The molecule has 4 rings (SSSR count). The molecule has 0 spiro atoms. The summed E-state index contributed by atoms with van der Waals surface area (Å²) in [5.41, 5.74) is 1.17. The zero-order valence-corrected chi connectivity index (χ0v) is 18.2. The van der Waals surface area contributed by atoms with Crippen molar-refractivity contribution in [3.8, 4) is 5.75 Å². The number of aliphatic carboxylic acids is 1. The van der Waals surface area contributed by atoms with E-state index in [4.69, 9.17) is 27.9 Å². The number of carbonyl (C=O) groups is 2. The lowest BCUT2D eigenvalue weighted by molar-refractivity contribution is -0.154. The Kier molecular flexibility index (Phi) is 5.15. The van der Waals surface area contributed by atoms with E-state index in [1.165, 1.54) is 13.1 Å². The Bertz CT molecular complexity index is 1080. The number of hydrogen-bond acceptors (Lipinski definition) is 4. The fourth-order valence-corrected chi connectivity index (χ4v) is 5.01. The molecule has 0 amide bonds. The molecule has 0 saturated heterocycles. The van der Waals surface area contributed by atoms with Crippen LogP contribution in [0.3, 0.4) is 0 Å². The number of aromatic nitrogens is 1. The smallest absolute Gasteiger partial charge is 0.352 e. The second-order valence-electron chi connectivity index (χ2n) is 8.05. The van der Waals surface area contributed by atoms with Crippen LogP contribution in [0.5, 0.6) is 5.75 Å². The maximum Gasteiger partial charge on any atom is 0.352 e. The number of benzene rings is 1. The van der Waals surface area contributed by atoms with Crippen LogP contribution < -0.4 is 4.74 Å². The van der Waals surface area contributed by atoms with Crippen molar-refractivity contribution in [3.63, 3.8) is 0 Å². The van der Waals surface area contributed by atoms with Crippen molar-refractivity contribution in [2.45, 2.75) is 45.1 Å². The molecule has 0 radical (unpaired) electrons. The Labute approximate surface area is 184 Å². The number of nitrogens with zero attached hydrogens (tertiary/aromatic N) is 1. The van der Waals surface area contributed by atoms with Gasteiger partial charge in [0.2, 0.25) is 5.60 Å². The van der Waals surface area contributed by atoms with Crippen LogP contribution in [0.15, 0.2) is 36.7 Å². The van der Waals surface area contributed by atoms with Gasteiger partial charge in [-0.1, -0.05) is 36.2 Å². The van der Waals surface area contributed by atoms with Crippen molar-refractivity contribution in [2.24, 2.45) is 5.41 Å². The summed E-state index contributed by atoms with van der Waals surface area (Å²) in [7, 11) is 0. The topological polar surface area (TPSA) is 76.5 Å². The van der Waals surface area contributed by atoms with E-state index in [9.17, 15) is 14.7 Å². The summed E-state index contributed by atoms with van der Waals surface area (Å²) < 4.78 is 5.99. The quantitative estimate of drug-likeness (QED) is 0.660. The normalized spacial score (nSPS) is 22.0. The Hall–Kier alpha value is -2.37. The number of carboxylic acid groups (broad SMARTS) is 1. The Morgan fingerprint density at radius 3 is 2.77 bits per heavy atom. The summed E-state index contributed by atoms with van der Waals surface area (Å²) in [5.74, 6) is -0.884. The Morgan fingerprint density at radius 2 is 2.13 bits per heavy atom. The molecular weight excluding hydrogens is 425 g/mol. The van der Waals surface area contributed by atoms with Crippen molar-refractivity contribution in [1.82, 2.24) is 4.98 Å². The minimum absolute atomic E-state index is 0.0875. The van der Waals surface area contributed by atoms with Crippen LogP contribution in [-0.4, -0.2) is 21.8 Å². The molecule has 0 fully saturated rings. The van der Waals surface area contributed by atoms with Crippen molar-refractivity contribution in [2.75, 3.05) is 0 Å². The average Bonchev–Trinajstić information content (AvgIpc) is 3.06. The van der Waals surface area contributed by atoms with Gasteiger partial charge in [-0.15, -0.1) is 0 Å². The molecule has 1 heterocycles. The predicted molar refractivity (Wildman–Crippen MR) is 115 cm³/mol. The van der Waals surface area contributed by atoms with Crippen LogP contribution in [0, 0.1) is 5.41 Å². The molecule has 2 aliphatic rings. The van der Waals surface area contributed by atoms with E-state index in [0.29, 0.717) is 23.4 Å². The first kappa shape index (κ1) is 20.9. The molecule has 0 aliphatic heterocycles. The number of halogens is 2. The highest BCUT2D eigenvalue weighted by Gasteiger charge is 2.46. The maximum absolute atomic E-state index is 12.1. The van der Waals surface area contributed by atoms with Crippen LogP contribution in [0.25, 0.3) is 5.57 Å². The van der Waals surface area contributed by atoms with Crippen LogP contribution in [-0.2, 0) is 21.6 Å². The highest BCUT2D eigenvalue weighted by molar-refractivity contribution is 6.44. The number of fused-ring (bicyclic) bond motifs is 3. The van der Waals surface area contributed by atoms with Crippen LogP contribution >= 0.6 is 23.2 Å². The zero-order valence-electron chi connectivity index (χ0n) is 16.7. The van der Waals surface area contributed by atoms with E-state index in [0.717, 1.165) is 29.5 Å². The minimum atomic E-state index is -1.70. The van der Waals surface area contributed by atoms with Crippen LogP contribution in [0.1, 0.15) is 49.8 Å². The minimum Gasteiger partial charge on any atom is -0.478 e. The molecule has 0 saturated carbocycles. The van der Waals surface area contributed by atoms with E-state index in [1.54, 1.807) is 30.5 Å². The largest absolute Gasteiger partial charge is 0.478 e. The third-order valence-electron chi connectivity index (χ3n) is 6.39. The molecule has 2 aromatic rings. The van der Waals surface area contributed by atoms with Crippen molar-refractivity contribution >= 4 is 40.5 Å². The fraction of sp³-hybridized carbons (Fsp3) is 0.348. The molecule has 0 bridgehead atoms. The van der Waals surface area contributed by atoms with Gasteiger partial charge in [0.25, 0.3) is 0 Å². The number of allylic oxidation sites excluding steroid dienone is 2. The monoisotopic (exact) mass is 445 g/mol. The fourth-order valence-electron chi connectivity index (χ4n) is 4.51. The van der Waals surface area contributed by atoms with Crippen molar-refractivity contribution < 1.29 is 19.4 Å². The van der Waals surface area contributed by atoms with E-state index in [-0.39, 0.29) is 22.0 Å². The summed E-state index contributed by atoms with van der Waals surface area (Å²) in [4.78, 5) is 28.2. The lowest BCUT2D eigenvalue weighted by atomic mass is 9.71. The Balaban J connectivity index is 1.83. The van der Waals surface area contributed by atoms with Gasteiger partial charge >= 0.3 is 5.97 Å². The molecule has 2 unspecified atom stereocenters. The van der Waals surface area contributed by atoms with Gasteiger partial charge in [-0.2, -0.15) is 0 Å². The van der Waals surface area contributed by atoms with Crippen LogP contribution in [0.4, 0.5) is 0 Å². The van der Waals surface area contributed by atoms with Crippen LogP contribution in [0.2, 0.25) is 10.0 Å². The number of ether oxygens (including phenoxy) is 1. The van der Waals surface area contributed by atoms with Gasteiger partial charge in [0.15, 0.2) is 5.78 Å². The summed E-state index contributed by atoms with van der Waals surface area (Å²) in [6.07, 6.45) is 7.56. The summed E-state index contributed by atoms with van der Waals surface area (Å²) in [5, 5.41) is 10.3. The second kappa shape index (κ2) is 7.40. The van der Waals surface area contributed by atoms with Gasteiger partial charge in [-0.05, 0) is 55.5 Å². The predicted octanol–water partition coefficient (Wildman–Crippen LogP) is 5.47. The van der Waals surface area contributed by atoms with E-state index < -0.39 is 11.6 Å². The first-order valence-corrected chi connectivity index (χ1v) is 10.6. The Morgan fingerprint density at radius 1 is 1.37 bits per heavy atom. The number of hydrogen-bond donors (Lipinski definition) is 1. The summed E-state index contributed by atoms with van der Waals surface area (Å²) >= 11 is 13.2. The third-order valence-corrected chi connectivity index (χ3v) is 7.24. The lowest BCUT2D eigenvalue weighted by Gasteiger charge is -2.32. The first-order chi connectivity index (χ1) is 14.2. The molecular formula is C23H21Cl2NO4. The highest BCUT2D eigenvalue weighted by Crippen LogP contribution is 2.58. The molecule has 2 atom stereocenters. The first-order valence-electron chi connectivity index (χ1n) is 9.81. The summed E-state index contributed by atoms with van der Waals surface area (Å²) in [6, 6.07) is 5.06. The lowest BCUT2D eigenvalue weighted by Crippen LogP contribution is -2.38. The molecule has 1 aromatic heterocycles. The standard InChI is InChI=1S/C23H21Cl2NO4/c1-3-23-7-6-15(27)10-16(23)18-13(11-23)9-17(19(24)20(18)25)30-22(2,21(28)29)14-5-4-8-26-12-14/h4-5,8-10,12H,3,6-7,11H2,1-2H3,(H,28,29). The average molecular weight is 446 g/mol.